The normalized spacial score (nSPS) is 10.6. The molecule has 0 amide bonds. The quantitative estimate of drug-likeness (QED) is 0.310. The molecule has 126 valence electrons. The van der Waals surface area contributed by atoms with Gasteiger partial charge in [0.1, 0.15) is 11.6 Å². The molecule has 0 fully saturated rings. The van der Waals surface area contributed by atoms with Crippen LogP contribution in [-0.4, -0.2) is 0 Å². The van der Waals surface area contributed by atoms with Crippen molar-refractivity contribution >= 4 is 10.8 Å². The predicted molar refractivity (Wildman–Crippen MR) is 85.5 cm³/mol. The molecule has 3 rings (SSSR count). The Kier molecular flexibility index (Phi) is 4.45. The maximum Gasteiger partial charge on any atom is 0.195 e. The van der Waals surface area contributed by atoms with Gasteiger partial charge in [0.05, 0.1) is 10.9 Å². The van der Waals surface area contributed by atoms with Gasteiger partial charge in [-0.2, -0.15) is 0 Å². The van der Waals surface area contributed by atoms with Crippen molar-refractivity contribution in [1.82, 2.24) is 0 Å². The molecule has 25 heavy (non-hydrogen) atoms. The van der Waals surface area contributed by atoms with Gasteiger partial charge in [-0.15, -0.1) is 0 Å². The molecule has 0 N–H and O–H groups in total. The van der Waals surface area contributed by atoms with Crippen molar-refractivity contribution in [3.63, 3.8) is 0 Å². The van der Waals surface area contributed by atoms with E-state index in [1.54, 1.807) is 6.07 Å². The molecule has 0 bridgehead atoms. The lowest BCUT2D eigenvalue weighted by Crippen LogP contribution is -1.95. The van der Waals surface area contributed by atoms with E-state index in [1.807, 2.05) is 6.92 Å². The first kappa shape index (κ1) is 17.0. The standard InChI is InChI=1S/C20H11F5/c1-2-11-3-5-13(15(21)8-11)6-4-12-7-14-10-17(23)19(24)20(25)18(14)16(22)9-12/h3,5,7-10H,2H2,1H3. The Morgan fingerprint density at radius 3 is 2.20 bits per heavy atom. The van der Waals surface area contributed by atoms with Gasteiger partial charge in [-0.25, -0.2) is 22.0 Å². The van der Waals surface area contributed by atoms with E-state index in [-0.39, 0.29) is 16.5 Å². The van der Waals surface area contributed by atoms with Crippen LogP contribution < -0.4 is 0 Å². The van der Waals surface area contributed by atoms with Gasteiger partial charge in [-0.1, -0.05) is 24.8 Å². The fraction of sp³-hybridized carbons (Fsp3) is 0.100. The summed E-state index contributed by atoms with van der Waals surface area (Å²) in [6.07, 6.45) is 0.675. The first-order valence-electron chi connectivity index (χ1n) is 7.48. The van der Waals surface area contributed by atoms with E-state index >= 15 is 0 Å². The maximum atomic E-state index is 14.1. The van der Waals surface area contributed by atoms with E-state index in [0.29, 0.717) is 12.5 Å². The average Bonchev–Trinajstić information content (AvgIpc) is 2.58. The first-order valence-corrected chi connectivity index (χ1v) is 7.48. The summed E-state index contributed by atoms with van der Waals surface area (Å²) in [7, 11) is 0. The number of rotatable bonds is 1. The van der Waals surface area contributed by atoms with E-state index in [0.717, 1.165) is 11.6 Å². The number of aryl methyl sites for hydroxylation is 1. The molecule has 0 nitrogen and oxygen atoms in total. The minimum absolute atomic E-state index is 0.0920. The Morgan fingerprint density at radius 1 is 0.760 bits per heavy atom. The number of hydrogen-bond donors (Lipinski definition) is 0. The zero-order valence-electron chi connectivity index (χ0n) is 13.1. The third-order valence-electron chi connectivity index (χ3n) is 3.81. The molecule has 0 atom stereocenters. The summed E-state index contributed by atoms with van der Waals surface area (Å²) in [5.74, 6) is -1.20. The van der Waals surface area contributed by atoms with Crippen LogP contribution in [0.4, 0.5) is 22.0 Å². The summed E-state index contributed by atoms with van der Waals surface area (Å²) in [4.78, 5) is 0. The van der Waals surface area contributed by atoms with Crippen molar-refractivity contribution in [3.8, 4) is 11.8 Å². The molecule has 0 aromatic heterocycles. The van der Waals surface area contributed by atoms with Crippen LogP contribution in [0.25, 0.3) is 10.8 Å². The summed E-state index contributed by atoms with van der Waals surface area (Å²) >= 11 is 0. The van der Waals surface area contributed by atoms with Gasteiger partial charge in [0, 0.05) is 5.56 Å². The van der Waals surface area contributed by atoms with E-state index in [4.69, 9.17) is 0 Å². The summed E-state index contributed by atoms with van der Waals surface area (Å²) in [5.41, 5.74) is 1.02. The molecule has 3 aromatic carbocycles. The summed E-state index contributed by atoms with van der Waals surface area (Å²) in [5, 5.41) is -0.814. The first-order chi connectivity index (χ1) is 11.9. The van der Waals surface area contributed by atoms with Gasteiger partial charge in [-0.05, 0) is 47.7 Å². The largest absolute Gasteiger partial charge is 0.206 e. The zero-order chi connectivity index (χ0) is 18.1. The molecule has 0 aliphatic carbocycles. The van der Waals surface area contributed by atoms with Crippen LogP contribution in [0.15, 0.2) is 36.4 Å². The lowest BCUT2D eigenvalue weighted by atomic mass is 10.0. The summed E-state index contributed by atoms with van der Waals surface area (Å²) < 4.78 is 68.2. The predicted octanol–water partition coefficient (Wildman–Crippen LogP) is 5.50. The van der Waals surface area contributed by atoms with Crippen molar-refractivity contribution in [2.24, 2.45) is 0 Å². The average molecular weight is 346 g/mol. The number of benzene rings is 3. The van der Waals surface area contributed by atoms with E-state index in [2.05, 4.69) is 11.8 Å². The van der Waals surface area contributed by atoms with Crippen LogP contribution >= 0.6 is 0 Å². The van der Waals surface area contributed by atoms with Crippen molar-refractivity contribution < 1.29 is 22.0 Å². The minimum atomic E-state index is -1.73. The Balaban J connectivity index is 2.08. The highest BCUT2D eigenvalue weighted by atomic mass is 19.2. The third-order valence-corrected chi connectivity index (χ3v) is 3.81. The van der Waals surface area contributed by atoms with Crippen LogP contribution in [0.5, 0.6) is 0 Å². The summed E-state index contributed by atoms with van der Waals surface area (Å²) in [6.45, 7) is 1.89. The molecule has 0 heterocycles. The van der Waals surface area contributed by atoms with Crippen molar-refractivity contribution in [3.05, 3.63) is 82.2 Å². The van der Waals surface area contributed by atoms with Crippen LogP contribution in [-0.2, 0) is 6.42 Å². The topological polar surface area (TPSA) is 0 Å². The second-order valence-corrected chi connectivity index (χ2v) is 5.46. The fourth-order valence-electron chi connectivity index (χ4n) is 2.48. The molecule has 0 radical (unpaired) electrons. The number of hydrogen-bond acceptors (Lipinski definition) is 0. The van der Waals surface area contributed by atoms with Crippen LogP contribution in [0, 0.1) is 40.9 Å². The second kappa shape index (κ2) is 6.56. The molecule has 0 aliphatic rings. The van der Waals surface area contributed by atoms with E-state index in [1.165, 1.54) is 18.2 Å². The van der Waals surface area contributed by atoms with Crippen LogP contribution in [0.3, 0.4) is 0 Å². The van der Waals surface area contributed by atoms with Crippen molar-refractivity contribution in [2.75, 3.05) is 0 Å². The minimum Gasteiger partial charge on any atom is -0.206 e. The van der Waals surface area contributed by atoms with Crippen molar-refractivity contribution in [2.45, 2.75) is 13.3 Å². The van der Waals surface area contributed by atoms with Gasteiger partial charge in [-0.3, -0.25) is 0 Å². The molecule has 0 unspecified atom stereocenters. The van der Waals surface area contributed by atoms with Gasteiger partial charge in [0.25, 0.3) is 0 Å². The second-order valence-electron chi connectivity index (χ2n) is 5.46. The molecule has 0 aliphatic heterocycles. The lowest BCUT2D eigenvalue weighted by Gasteiger charge is -2.04. The highest BCUT2D eigenvalue weighted by Gasteiger charge is 2.17. The maximum absolute atomic E-state index is 14.1. The SMILES string of the molecule is CCc1ccc(C#Cc2cc(F)c3c(F)c(F)c(F)cc3c2)c(F)c1. The van der Waals surface area contributed by atoms with Crippen LogP contribution in [0.1, 0.15) is 23.6 Å². The van der Waals surface area contributed by atoms with Gasteiger partial charge < -0.3 is 0 Å². The smallest absolute Gasteiger partial charge is 0.195 e. The van der Waals surface area contributed by atoms with Gasteiger partial charge >= 0.3 is 0 Å². The summed E-state index contributed by atoms with van der Waals surface area (Å²) in [6, 6.07) is 7.40. The van der Waals surface area contributed by atoms with Gasteiger partial charge in [0.15, 0.2) is 17.5 Å². The molecule has 3 aromatic rings. The Hall–Kier alpha value is -2.87. The number of fused-ring (bicyclic) bond motifs is 1. The molecule has 0 saturated carbocycles. The third kappa shape index (κ3) is 3.20. The lowest BCUT2D eigenvalue weighted by molar-refractivity contribution is 0.451. The highest BCUT2D eigenvalue weighted by molar-refractivity contribution is 5.85. The van der Waals surface area contributed by atoms with Gasteiger partial charge in [0.2, 0.25) is 0 Å². The Bertz CT molecular complexity index is 1040. The Morgan fingerprint density at radius 2 is 1.52 bits per heavy atom. The monoisotopic (exact) mass is 346 g/mol. The Labute approximate surface area is 140 Å². The molecule has 0 spiro atoms. The molecular weight excluding hydrogens is 335 g/mol. The van der Waals surface area contributed by atoms with E-state index < -0.39 is 34.5 Å². The molecular formula is C20H11F5. The molecule has 0 saturated heterocycles. The van der Waals surface area contributed by atoms with Crippen LogP contribution in [0.2, 0.25) is 0 Å². The van der Waals surface area contributed by atoms with E-state index in [9.17, 15) is 22.0 Å². The zero-order valence-corrected chi connectivity index (χ0v) is 13.1. The fourth-order valence-corrected chi connectivity index (χ4v) is 2.48. The highest BCUT2D eigenvalue weighted by Crippen LogP contribution is 2.26. The number of halogens is 5. The molecule has 5 heteroatoms. The van der Waals surface area contributed by atoms with Crippen molar-refractivity contribution in [1.29, 1.82) is 0 Å².